The number of rotatable bonds is 0. The molecule has 4 nitrogen and oxygen atoms in total. The molecule has 2 rings (SSSR count). The molecule has 0 fully saturated rings. The maximum atomic E-state index is 11.4. The molecule has 0 bridgehead atoms. The molecule has 0 amide bonds. The lowest BCUT2D eigenvalue weighted by Crippen LogP contribution is -2.26. The molecule has 0 aliphatic rings. The fourth-order valence-electron chi connectivity index (χ4n) is 1.10. The quantitative estimate of drug-likeness (QED) is 0.494. The maximum Gasteiger partial charge on any atom is 0.331 e. The molecular weight excluding hydrogens is 284 g/mol. The molecule has 2 aromatic rings. The molecular formula is C6H5AlIN3O. The second-order valence-corrected chi connectivity index (χ2v) is 4.71. The van der Waals surface area contributed by atoms with E-state index < -0.39 is 0 Å². The molecule has 0 aliphatic carbocycles. The van der Waals surface area contributed by atoms with E-state index in [2.05, 4.69) is 32.6 Å². The number of H-pyrrole nitrogens is 1. The van der Waals surface area contributed by atoms with E-state index in [1.54, 1.807) is 10.6 Å². The van der Waals surface area contributed by atoms with E-state index in [0.717, 1.165) is 30.2 Å². The Balaban J connectivity index is 3.03. The van der Waals surface area contributed by atoms with E-state index >= 15 is 0 Å². The predicted molar refractivity (Wildman–Crippen MR) is 56.7 cm³/mol. The van der Waals surface area contributed by atoms with Crippen LogP contribution in [0.5, 0.6) is 0 Å². The summed E-state index contributed by atoms with van der Waals surface area (Å²) in [5.41, 5.74) is 0.632. The highest BCUT2D eigenvalue weighted by Gasteiger charge is 2.02. The van der Waals surface area contributed by atoms with Gasteiger partial charge in [-0.25, -0.2) is 14.2 Å². The monoisotopic (exact) mass is 289 g/mol. The minimum absolute atomic E-state index is 0.0978. The van der Waals surface area contributed by atoms with Crippen LogP contribution in [0.4, 0.5) is 0 Å². The number of nitrogens with zero attached hydrogens (tertiary/aromatic N) is 2. The first-order valence-electron chi connectivity index (χ1n) is 3.41. The number of aromatic nitrogens is 3. The Bertz CT molecular complexity index is 489. The molecule has 2 aromatic heterocycles. The van der Waals surface area contributed by atoms with Gasteiger partial charge < -0.3 is 4.98 Å². The molecule has 1 N–H and O–H groups in total. The number of aromatic amines is 1. The molecule has 0 saturated carbocycles. The van der Waals surface area contributed by atoms with Crippen LogP contribution in [-0.2, 0) is 0 Å². The average molecular weight is 289 g/mol. The summed E-state index contributed by atoms with van der Waals surface area (Å²) in [7, 11) is 0. The van der Waals surface area contributed by atoms with Crippen LogP contribution >= 0.6 is 22.6 Å². The standard InChI is InChI=1S/C6H3IN3O.Al.2H/c7-4-3-9-5-1-2-8-6(11)10(4)5;;;/h1,3H,(H,8,11);;;. The van der Waals surface area contributed by atoms with Crippen molar-refractivity contribution in [3.05, 3.63) is 26.4 Å². The van der Waals surface area contributed by atoms with Crippen molar-refractivity contribution in [2.75, 3.05) is 0 Å². The number of hydrogen-bond donors (Lipinski definition) is 1. The molecule has 0 aromatic carbocycles. The molecule has 0 aliphatic heterocycles. The lowest BCUT2D eigenvalue weighted by molar-refractivity contribution is 0.998. The number of imidazole rings is 1. The summed E-state index contributed by atoms with van der Waals surface area (Å²) in [6, 6.07) is 1.90. The van der Waals surface area contributed by atoms with Crippen LogP contribution in [0.1, 0.15) is 0 Å². The minimum atomic E-state index is -0.0978. The van der Waals surface area contributed by atoms with Gasteiger partial charge in [-0.2, -0.15) is 0 Å². The smallest absolute Gasteiger partial charge is 0.328 e. The van der Waals surface area contributed by atoms with E-state index in [1.807, 2.05) is 6.07 Å². The number of hydrogen-bond acceptors (Lipinski definition) is 2. The molecule has 0 spiro atoms. The average Bonchev–Trinajstić information content (AvgIpc) is 2.31. The van der Waals surface area contributed by atoms with Gasteiger partial charge >= 0.3 is 5.69 Å². The van der Waals surface area contributed by atoms with Gasteiger partial charge in [0.2, 0.25) is 0 Å². The van der Waals surface area contributed by atoms with Gasteiger partial charge in [0.15, 0.2) is 0 Å². The summed E-state index contributed by atoms with van der Waals surface area (Å²) in [5.74, 6) is 0. The molecule has 0 saturated heterocycles. The van der Waals surface area contributed by atoms with Gasteiger partial charge in [0.25, 0.3) is 16.3 Å². The van der Waals surface area contributed by atoms with Gasteiger partial charge in [-0.05, 0) is 28.7 Å². The van der Waals surface area contributed by atoms with Crippen LogP contribution in [0.2, 0.25) is 0 Å². The van der Waals surface area contributed by atoms with Gasteiger partial charge in [-0.3, -0.25) is 0 Å². The Labute approximate surface area is 89.6 Å². The highest BCUT2D eigenvalue weighted by atomic mass is 127. The summed E-state index contributed by atoms with van der Waals surface area (Å²) < 4.78 is 3.36. The van der Waals surface area contributed by atoms with Crippen LogP contribution < -0.4 is 10.2 Å². The molecule has 0 radical (unpaired) electrons. The third-order valence-corrected chi connectivity index (χ3v) is 2.90. The molecule has 0 unspecified atom stereocenters. The highest BCUT2D eigenvalue weighted by molar-refractivity contribution is 14.1. The Morgan fingerprint density at radius 3 is 3.17 bits per heavy atom. The van der Waals surface area contributed by atoms with Gasteiger partial charge in [-0.15, -0.1) is 0 Å². The van der Waals surface area contributed by atoms with E-state index in [1.165, 1.54) is 0 Å². The lowest BCUT2D eigenvalue weighted by Gasteiger charge is -1.95. The van der Waals surface area contributed by atoms with Crippen LogP contribution in [0.25, 0.3) is 5.65 Å². The zero-order chi connectivity index (χ0) is 8.72. The Morgan fingerprint density at radius 1 is 1.67 bits per heavy atom. The Hall–Kier alpha value is -0.318. The van der Waals surface area contributed by atoms with Crippen molar-refractivity contribution in [3.63, 3.8) is 0 Å². The second kappa shape index (κ2) is 2.87. The number of fused-ring (bicyclic) bond motifs is 1. The van der Waals surface area contributed by atoms with Gasteiger partial charge in [0, 0.05) is 0 Å². The summed E-state index contributed by atoms with van der Waals surface area (Å²) in [5, 5.41) is 0. The van der Waals surface area contributed by atoms with Crippen LogP contribution in [0, 0.1) is 3.70 Å². The van der Waals surface area contributed by atoms with Crippen LogP contribution in [-0.4, -0.2) is 30.7 Å². The second-order valence-electron chi connectivity index (χ2n) is 2.53. The first-order valence-corrected chi connectivity index (χ1v) is 5.49. The number of nitrogens with one attached hydrogen (secondary N) is 1. The third-order valence-electron chi connectivity index (χ3n) is 1.60. The highest BCUT2D eigenvalue weighted by Crippen LogP contribution is 2.03. The fourth-order valence-corrected chi connectivity index (χ4v) is 2.18. The summed E-state index contributed by atoms with van der Waals surface area (Å²) >= 11 is 2.92. The molecule has 60 valence electrons. The summed E-state index contributed by atoms with van der Waals surface area (Å²) in [6.45, 7) is 0. The topological polar surface area (TPSA) is 50.2 Å². The number of halogens is 1. The van der Waals surface area contributed by atoms with Crippen molar-refractivity contribution >= 4 is 49.1 Å². The van der Waals surface area contributed by atoms with E-state index in [9.17, 15) is 4.79 Å². The van der Waals surface area contributed by atoms with Crippen molar-refractivity contribution in [1.82, 2.24) is 14.4 Å². The zero-order valence-electron chi connectivity index (χ0n) is 6.34. The maximum absolute atomic E-state index is 11.4. The lowest BCUT2D eigenvalue weighted by atomic mass is 10.6. The SMILES string of the molecule is O=c1[nH][c]([AlH2])cc2ncc(I)n12. The van der Waals surface area contributed by atoms with E-state index in [4.69, 9.17) is 0 Å². The van der Waals surface area contributed by atoms with Crippen molar-refractivity contribution in [1.29, 1.82) is 0 Å². The Kier molecular flexibility index (Phi) is 1.98. The molecule has 12 heavy (non-hydrogen) atoms. The van der Waals surface area contributed by atoms with Gasteiger partial charge in [0.1, 0.15) is 9.35 Å². The molecule has 6 heteroatoms. The first kappa shape index (κ1) is 8.29. The fraction of sp³-hybridized carbons (Fsp3) is 0. The predicted octanol–water partition coefficient (Wildman–Crippen LogP) is -1.11. The van der Waals surface area contributed by atoms with Crippen molar-refractivity contribution < 1.29 is 0 Å². The third kappa shape index (κ3) is 1.20. The van der Waals surface area contributed by atoms with Crippen LogP contribution in [0.15, 0.2) is 17.1 Å². The van der Waals surface area contributed by atoms with Crippen molar-refractivity contribution in [2.24, 2.45) is 0 Å². The van der Waals surface area contributed by atoms with E-state index in [0.29, 0.717) is 0 Å². The van der Waals surface area contributed by atoms with Crippen molar-refractivity contribution in [3.8, 4) is 0 Å². The molecule has 0 atom stereocenters. The molecule has 2 heterocycles. The first-order chi connectivity index (χ1) is 5.68. The zero-order valence-corrected chi connectivity index (χ0v) is 10.5. The Morgan fingerprint density at radius 2 is 2.42 bits per heavy atom. The van der Waals surface area contributed by atoms with E-state index in [-0.39, 0.29) is 5.69 Å². The summed E-state index contributed by atoms with van der Waals surface area (Å²) in [4.78, 5) is 18.2. The van der Waals surface area contributed by atoms with Gasteiger partial charge in [0.05, 0.1) is 6.20 Å². The normalized spacial score (nSPS) is 10.8. The van der Waals surface area contributed by atoms with Crippen LogP contribution in [0.3, 0.4) is 0 Å². The largest absolute Gasteiger partial charge is 0.331 e. The van der Waals surface area contributed by atoms with Gasteiger partial charge in [-0.1, -0.05) is 4.56 Å². The van der Waals surface area contributed by atoms with Crippen molar-refractivity contribution in [2.45, 2.75) is 0 Å². The minimum Gasteiger partial charge on any atom is -0.328 e. The summed E-state index contributed by atoms with van der Waals surface area (Å²) in [6.07, 6.45) is 1.69.